The molecule has 2 fully saturated rings. The van der Waals surface area contributed by atoms with Crippen LogP contribution < -0.4 is 5.32 Å². The quantitative estimate of drug-likeness (QED) is 0.573. The zero-order valence-electron chi connectivity index (χ0n) is 18.2. The van der Waals surface area contributed by atoms with Crippen molar-refractivity contribution >= 4 is 17.8 Å². The molecule has 0 spiro atoms. The van der Waals surface area contributed by atoms with Gasteiger partial charge in [0.05, 0.1) is 24.8 Å². The summed E-state index contributed by atoms with van der Waals surface area (Å²) in [6.45, 7) is 4.19. The highest BCUT2D eigenvalue weighted by atomic mass is 16.5. The van der Waals surface area contributed by atoms with Gasteiger partial charge in [0.15, 0.2) is 0 Å². The number of esters is 1. The van der Waals surface area contributed by atoms with Gasteiger partial charge in [0.1, 0.15) is 12.1 Å². The molecule has 0 saturated carbocycles. The minimum absolute atomic E-state index is 0.120. The third-order valence-electron chi connectivity index (χ3n) is 6.09. The van der Waals surface area contributed by atoms with Gasteiger partial charge in [-0.1, -0.05) is 30.3 Å². The van der Waals surface area contributed by atoms with E-state index < -0.39 is 30.1 Å². The first-order valence-corrected chi connectivity index (χ1v) is 11.1. The number of hydrogen-bond donors (Lipinski definition) is 2. The maximum Gasteiger partial charge on any atom is 0.326 e. The average molecular weight is 433 g/mol. The first-order chi connectivity index (χ1) is 14.9. The Labute approximate surface area is 182 Å². The molecule has 2 heterocycles. The Morgan fingerprint density at radius 2 is 1.97 bits per heavy atom. The van der Waals surface area contributed by atoms with E-state index in [2.05, 4.69) is 5.32 Å². The highest BCUT2D eigenvalue weighted by Gasteiger charge is 2.47. The molecule has 2 N–H and O–H groups in total. The number of rotatable bonds is 9. The Morgan fingerprint density at radius 1 is 1.23 bits per heavy atom. The number of nitrogens with one attached hydrogen (secondary N) is 1. The molecule has 1 aromatic rings. The molecule has 31 heavy (non-hydrogen) atoms. The van der Waals surface area contributed by atoms with Crippen molar-refractivity contribution in [1.29, 1.82) is 0 Å². The molecule has 3 unspecified atom stereocenters. The summed E-state index contributed by atoms with van der Waals surface area (Å²) >= 11 is 0. The van der Waals surface area contributed by atoms with Crippen LogP contribution in [0.3, 0.4) is 0 Å². The highest BCUT2D eigenvalue weighted by molar-refractivity contribution is 5.88. The van der Waals surface area contributed by atoms with Crippen molar-refractivity contribution in [3.8, 4) is 0 Å². The summed E-state index contributed by atoms with van der Waals surface area (Å²) in [5, 5.41) is 12.8. The summed E-state index contributed by atoms with van der Waals surface area (Å²) in [6.07, 6.45) is 2.63. The predicted octanol–water partition coefficient (Wildman–Crippen LogP) is 1.76. The number of carboxylic acids is 1. The van der Waals surface area contributed by atoms with Crippen molar-refractivity contribution in [2.24, 2.45) is 0 Å². The Morgan fingerprint density at radius 3 is 2.65 bits per heavy atom. The SMILES string of the molecule is CCOC(=O)[C@H](CCc1ccccc1)NC(C)C(=O)N1C2CCOC2CC[C@H]1C(=O)O. The van der Waals surface area contributed by atoms with E-state index in [-0.39, 0.29) is 24.7 Å². The number of carbonyl (C=O) groups excluding carboxylic acids is 2. The van der Waals surface area contributed by atoms with Gasteiger partial charge in [-0.15, -0.1) is 0 Å². The van der Waals surface area contributed by atoms with Crippen LogP contribution >= 0.6 is 0 Å². The number of aryl methyl sites for hydroxylation is 1. The van der Waals surface area contributed by atoms with Crippen LogP contribution in [0, 0.1) is 0 Å². The lowest BCUT2D eigenvalue weighted by Crippen LogP contribution is -2.61. The number of amides is 1. The second-order valence-corrected chi connectivity index (χ2v) is 8.16. The Bertz CT molecular complexity index is 771. The maximum atomic E-state index is 13.3. The molecule has 8 nitrogen and oxygen atoms in total. The van der Waals surface area contributed by atoms with E-state index in [0.29, 0.717) is 38.7 Å². The molecule has 3 rings (SSSR count). The van der Waals surface area contributed by atoms with E-state index in [1.54, 1.807) is 13.8 Å². The van der Waals surface area contributed by atoms with Gasteiger partial charge in [0.2, 0.25) is 5.91 Å². The molecule has 1 amide bonds. The van der Waals surface area contributed by atoms with E-state index >= 15 is 0 Å². The van der Waals surface area contributed by atoms with E-state index in [1.165, 1.54) is 4.90 Å². The third-order valence-corrected chi connectivity index (χ3v) is 6.09. The minimum Gasteiger partial charge on any atom is -0.480 e. The van der Waals surface area contributed by atoms with E-state index in [0.717, 1.165) is 5.56 Å². The van der Waals surface area contributed by atoms with Crippen LogP contribution in [0.5, 0.6) is 0 Å². The molecule has 0 bridgehead atoms. The molecule has 8 heteroatoms. The normalized spacial score (nSPS) is 24.8. The molecule has 5 atom stereocenters. The van der Waals surface area contributed by atoms with Crippen LogP contribution in [0.1, 0.15) is 45.1 Å². The smallest absolute Gasteiger partial charge is 0.326 e. The van der Waals surface area contributed by atoms with Crippen LogP contribution in [0.4, 0.5) is 0 Å². The van der Waals surface area contributed by atoms with Gasteiger partial charge in [0.25, 0.3) is 0 Å². The van der Waals surface area contributed by atoms with Crippen LogP contribution in [0.25, 0.3) is 0 Å². The fraction of sp³-hybridized carbons (Fsp3) is 0.609. The predicted molar refractivity (Wildman–Crippen MR) is 113 cm³/mol. The van der Waals surface area contributed by atoms with Crippen molar-refractivity contribution in [1.82, 2.24) is 10.2 Å². The molecule has 0 radical (unpaired) electrons. The molecule has 1 aromatic carbocycles. The molecular weight excluding hydrogens is 400 g/mol. The van der Waals surface area contributed by atoms with Crippen molar-refractivity contribution in [3.63, 3.8) is 0 Å². The summed E-state index contributed by atoms with van der Waals surface area (Å²) in [7, 11) is 0. The van der Waals surface area contributed by atoms with Crippen LogP contribution in [0.15, 0.2) is 30.3 Å². The molecule has 0 aromatic heterocycles. The number of carboxylic acid groups (broad SMARTS) is 1. The second kappa shape index (κ2) is 10.7. The first-order valence-electron chi connectivity index (χ1n) is 11.1. The van der Waals surface area contributed by atoms with Crippen LogP contribution in [-0.4, -0.2) is 71.3 Å². The number of hydrogen-bond acceptors (Lipinski definition) is 6. The van der Waals surface area contributed by atoms with Crippen molar-refractivity contribution in [2.75, 3.05) is 13.2 Å². The van der Waals surface area contributed by atoms with Gasteiger partial charge in [0, 0.05) is 6.61 Å². The molecule has 0 aliphatic carbocycles. The first kappa shape index (κ1) is 23.2. The summed E-state index contributed by atoms with van der Waals surface area (Å²) in [6, 6.07) is 7.29. The molecular formula is C23H32N2O6. The number of benzene rings is 1. The van der Waals surface area contributed by atoms with E-state index in [1.807, 2.05) is 30.3 Å². The molecule has 170 valence electrons. The zero-order chi connectivity index (χ0) is 22.4. The second-order valence-electron chi connectivity index (χ2n) is 8.16. The summed E-state index contributed by atoms with van der Waals surface area (Å²) in [5.41, 5.74) is 1.09. The number of likely N-dealkylation sites (tertiary alicyclic amines) is 1. The number of aliphatic carboxylic acids is 1. The van der Waals surface area contributed by atoms with Gasteiger partial charge in [-0.3, -0.25) is 14.9 Å². The standard InChI is InChI=1S/C23H32N2O6/c1-3-30-23(29)17(10-9-16-7-5-4-6-8-16)24-15(2)21(26)25-18-13-14-31-20(18)12-11-19(25)22(27)28/h4-8,15,17-20,24H,3,9-14H2,1-2H3,(H,27,28)/t15?,17-,18?,19-,20?/m0/s1. The third kappa shape index (κ3) is 5.62. The van der Waals surface area contributed by atoms with E-state index in [9.17, 15) is 19.5 Å². The number of piperidine rings is 1. The molecule has 2 aliphatic rings. The largest absolute Gasteiger partial charge is 0.480 e. The van der Waals surface area contributed by atoms with Gasteiger partial charge in [-0.05, 0) is 51.5 Å². The molecule has 2 aliphatic heterocycles. The van der Waals surface area contributed by atoms with Crippen LogP contribution in [-0.2, 0) is 30.3 Å². The number of carbonyl (C=O) groups is 3. The minimum atomic E-state index is -1.00. The van der Waals surface area contributed by atoms with E-state index in [4.69, 9.17) is 9.47 Å². The topological polar surface area (TPSA) is 105 Å². The maximum absolute atomic E-state index is 13.3. The monoisotopic (exact) mass is 432 g/mol. The summed E-state index contributed by atoms with van der Waals surface area (Å²) < 4.78 is 10.9. The summed E-state index contributed by atoms with van der Waals surface area (Å²) in [5.74, 6) is -1.73. The molecule has 2 saturated heterocycles. The number of fused-ring (bicyclic) bond motifs is 1. The lowest BCUT2D eigenvalue weighted by Gasteiger charge is -2.42. The van der Waals surface area contributed by atoms with Gasteiger partial charge in [-0.25, -0.2) is 4.79 Å². The van der Waals surface area contributed by atoms with Crippen molar-refractivity contribution in [3.05, 3.63) is 35.9 Å². The van der Waals surface area contributed by atoms with Gasteiger partial charge < -0.3 is 19.5 Å². The average Bonchev–Trinajstić information content (AvgIpc) is 3.25. The van der Waals surface area contributed by atoms with Crippen molar-refractivity contribution < 1.29 is 29.0 Å². The summed E-state index contributed by atoms with van der Waals surface area (Å²) in [4.78, 5) is 39.2. The number of ether oxygens (including phenoxy) is 2. The van der Waals surface area contributed by atoms with Gasteiger partial charge in [-0.2, -0.15) is 0 Å². The fourth-order valence-electron chi connectivity index (χ4n) is 4.55. The zero-order valence-corrected chi connectivity index (χ0v) is 18.2. The Kier molecular flexibility index (Phi) is 8.03. The Hall–Kier alpha value is -2.45. The fourth-order valence-corrected chi connectivity index (χ4v) is 4.55. The van der Waals surface area contributed by atoms with Crippen molar-refractivity contribution in [2.45, 2.75) is 76.2 Å². The lowest BCUT2D eigenvalue weighted by molar-refractivity contribution is -0.159. The van der Waals surface area contributed by atoms with Gasteiger partial charge >= 0.3 is 11.9 Å². The Balaban J connectivity index is 1.71. The van der Waals surface area contributed by atoms with Crippen LogP contribution in [0.2, 0.25) is 0 Å². The highest BCUT2D eigenvalue weighted by Crippen LogP contribution is 2.32. The number of nitrogens with zero attached hydrogens (tertiary/aromatic N) is 1. The lowest BCUT2D eigenvalue weighted by atomic mass is 9.91.